The predicted molar refractivity (Wildman–Crippen MR) is 102 cm³/mol. The molecule has 1 N–H and O–H groups in total. The molecule has 0 bridgehead atoms. The van der Waals surface area contributed by atoms with Gasteiger partial charge in [-0.1, -0.05) is 11.6 Å². The zero-order valence-corrected chi connectivity index (χ0v) is 15.8. The Hall–Kier alpha value is -2.02. The minimum absolute atomic E-state index is 0.0364. The van der Waals surface area contributed by atoms with Crippen molar-refractivity contribution in [2.45, 2.75) is 19.5 Å². The van der Waals surface area contributed by atoms with Gasteiger partial charge in [0.15, 0.2) is 0 Å². The molecular formula is C19H24ClN3O3. The lowest BCUT2D eigenvalue weighted by Gasteiger charge is -2.37. The van der Waals surface area contributed by atoms with Crippen molar-refractivity contribution in [2.24, 2.45) is 0 Å². The monoisotopic (exact) mass is 377 g/mol. The van der Waals surface area contributed by atoms with E-state index < -0.39 is 0 Å². The molecule has 26 heavy (non-hydrogen) atoms. The van der Waals surface area contributed by atoms with Gasteiger partial charge in [-0.3, -0.25) is 14.6 Å². The van der Waals surface area contributed by atoms with E-state index in [0.29, 0.717) is 16.5 Å². The number of benzene rings is 1. The normalized spacial score (nSPS) is 17.0. The molecule has 2 aromatic rings. The zero-order valence-electron chi connectivity index (χ0n) is 15.1. The lowest BCUT2D eigenvalue weighted by Crippen LogP contribution is -2.52. The number of hydrogen-bond acceptors (Lipinski definition) is 5. The van der Waals surface area contributed by atoms with Gasteiger partial charge in [0.1, 0.15) is 11.5 Å². The van der Waals surface area contributed by atoms with Gasteiger partial charge in [0, 0.05) is 31.9 Å². The summed E-state index contributed by atoms with van der Waals surface area (Å²) in [6.45, 7) is 6.26. The quantitative estimate of drug-likeness (QED) is 0.838. The number of methoxy groups -OCH3 is 1. The van der Waals surface area contributed by atoms with Crippen molar-refractivity contribution in [3.63, 3.8) is 0 Å². The zero-order chi connectivity index (χ0) is 18.5. The molecule has 0 spiro atoms. The number of anilines is 1. The van der Waals surface area contributed by atoms with Crippen molar-refractivity contribution in [2.75, 3.05) is 38.6 Å². The second-order valence-electron chi connectivity index (χ2n) is 6.41. The third kappa shape index (κ3) is 4.58. The molecule has 1 aliphatic rings. The summed E-state index contributed by atoms with van der Waals surface area (Å²) in [4.78, 5) is 17.1. The van der Waals surface area contributed by atoms with Crippen LogP contribution in [0.3, 0.4) is 0 Å². The van der Waals surface area contributed by atoms with Crippen molar-refractivity contribution in [1.29, 1.82) is 0 Å². The first-order valence-corrected chi connectivity index (χ1v) is 9.08. The second-order valence-corrected chi connectivity index (χ2v) is 6.81. The Morgan fingerprint density at radius 2 is 2.08 bits per heavy atom. The van der Waals surface area contributed by atoms with Crippen LogP contribution in [0.2, 0.25) is 5.02 Å². The summed E-state index contributed by atoms with van der Waals surface area (Å²) in [6.07, 6.45) is 1.70. The number of ether oxygens (including phenoxy) is 1. The standard InChI is InChI=1S/C19H24ClN3O3/c1-14(19(24)21-15-5-6-18(25-2)17(20)12-15)23-9-7-22(8-10-23)13-16-4-3-11-26-16/h3-6,11-12,14H,7-10,13H2,1-2H3,(H,21,24)/t14-/m0/s1. The lowest BCUT2D eigenvalue weighted by molar-refractivity contribution is -0.121. The topological polar surface area (TPSA) is 58.0 Å². The maximum atomic E-state index is 12.6. The van der Waals surface area contributed by atoms with Crippen LogP contribution in [-0.2, 0) is 11.3 Å². The Kier molecular flexibility index (Phi) is 6.19. The lowest BCUT2D eigenvalue weighted by atomic mass is 10.2. The molecule has 140 valence electrons. The summed E-state index contributed by atoms with van der Waals surface area (Å²) in [7, 11) is 1.56. The highest BCUT2D eigenvalue weighted by molar-refractivity contribution is 6.32. The molecule has 1 atom stereocenters. The van der Waals surface area contributed by atoms with Gasteiger partial charge in [0.05, 0.1) is 31.0 Å². The molecule has 0 radical (unpaired) electrons. The van der Waals surface area contributed by atoms with E-state index in [9.17, 15) is 4.79 Å². The van der Waals surface area contributed by atoms with E-state index in [0.717, 1.165) is 38.5 Å². The molecule has 3 rings (SSSR count). The Balaban J connectivity index is 1.50. The van der Waals surface area contributed by atoms with Gasteiger partial charge >= 0.3 is 0 Å². The highest BCUT2D eigenvalue weighted by Gasteiger charge is 2.26. The molecule has 0 aliphatic carbocycles. The summed E-state index contributed by atoms with van der Waals surface area (Å²) < 4.78 is 10.5. The fraction of sp³-hybridized carbons (Fsp3) is 0.421. The van der Waals surface area contributed by atoms with Crippen LogP contribution in [0.15, 0.2) is 41.0 Å². The van der Waals surface area contributed by atoms with Crippen LogP contribution in [0.25, 0.3) is 0 Å². The number of furan rings is 1. The number of rotatable bonds is 6. The molecule has 1 aromatic heterocycles. The third-order valence-electron chi connectivity index (χ3n) is 4.71. The number of halogens is 1. The third-order valence-corrected chi connectivity index (χ3v) is 5.01. The van der Waals surface area contributed by atoms with Gasteiger partial charge in [-0.05, 0) is 37.3 Å². The summed E-state index contributed by atoms with van der Waals surface area (Å²) in [5.41, 5.74) is 0.670. The van der Waals surface area contributed by atoms with Crippen LogP contribution >= 0.6 is 11.6 Å². The van der Waals surface area contributed by atoms with E-state index in [4.69, 9.17) is 20.8 Å². The van der Waals surface area contributed by atoms with Crippen molar-refractivity contribution in [3.8, 4) is 5.75 Å². The van der Waals surface area contributed by atoms with E-state index in [-0.39, 0.29) is 11.9 Å². The molecule has 1 aromatic carbocycles. The molecular weight excluding hydrogens is 354 g/mol. The highest BCUT2D eigenvalue weighted by atomic mass is 35.5. The summed E-state index contributed by atoms with van der Waals surface area (Å²) in [6, 6.07) is 8.92. The van der Waals surface area contributed by atoms with Crippen LogP contribution in [0.5, 0.6) is 5.75 Å². The van der Waals surface area contributed by atoms with Gasteiger partial charge in [-0.25, -0.2) is 0 Å². The van der Waals surface area contributed by atoms with E-state index in [1.54, 1.807) is 31.6 Å². The van der Waals surface area contributed by atoms with Crippen LogP contribution in [0.1, 0.15) is 12.7 Å². The fourth-order valence-electron chi connectivity index (χ4n) is 3.09. The fourth-order valence-corrected chi connectivity index (χ4v) is 3.35. The van der Waals surface area contributed by atoms with E-state index in [2.05, 4.69) is 15.1 Å². The molecule has 1 fully saturated rings. The second kappa shape index (κ2) is 8.58. The number of piperazine rings is 1. The molecule has 1 aliphatic heterocycles. The van der Waals surface area contributed by atoms with Gasteiger partial charge in [0.25, 0.3) is 0 Å². The number of hydrogen-bond donors (Lipinski definition) is 1. The molecule has 1 saturated heterocycles. The maximum absolute atomic E-state index is 12.6. The molecule has 2 heterocycles. The molecule has 0 saturated carbocycles. The first kappa shape index (κ1) is 18.8. The smallest absolute Gasteiger partial charge is 0.241 e. The summed E-state index contributed by atoms with van der Waals surface area (Å²) in [5.74, 6) is 1.52. The summed E-state index contributed by atoms with van der Waals surface area (Å²) in [5, 5.41) is 3.41. The van der Waals surface area contributed by atoms with Gasteiger partial charge in [-0.2, -0.15) is 0 Å². The van der Waals surface area contributed by atoms with Crippen molar-refractivity contribution in [1.82, 2.24) is 9.80 Å². The first-order chi connectivity index (χ1) is 12.6. The van der Waals surface area contributed by atoms with Gasteiger partial charge in [0.2, 0.25) is 5.91 Å². The highest BCUT2D eigenvalue weighted by Crippen LogP contribution is 2.27. The Morgan fingerprint density at radius 1 is 1.31 bits per heavy atom. The maximum Gasteiger partial charge on any atom is 0.241 e. The average molecular weight is 378 g/mol. The molecule has 0 unspecified atom stereocenters. The predicted octanol–water partition coefficient (Wildman–Crippen LogP) is 3.09. The Bertz CT molecular complexity index is 728. The number of carbonyl (C=O) groups is 1. The van der Waals surface area contributed by atoms with Gasteiger partial charge < -0.3 is 14.5 Å². The number of nitrogens with one attached hydrogen (secondary N) is 1. The van der Waals surface area contributed by atoms with Gasteiger partial charge in [-0.15, -0.1) is 0 Å². The number of nitrogens with zero attached hydrogens (tertiary/aromatic N) is 2. The minimum Gasteiger partial charge on any atom is -0.495 e. The SMILES string of the molecule is COc1ccc(NC(=O)[C@H](C)N2CCN(Cc3ccco3)CC2)cc1Cl. The first-order valence-electron chi connectivity index (χ1n) is 8.70. The molecule has 7 heteroatoms. The van der Waals surface area contributed by atoms with Crippen molar-refractivity contribution < 1.29 is 13.9 Å². The van der Waals surface area contributed by atoms with Crippen molar-refractivity contribution in [3.05, 3.63) is 47.4 Å². The van der Waals surface area contributed by atoms with Crippen LogP contribution in [0.4, 0.5) is 5.69 Å². The Labute approximate surface area is 158 Å². The average Bonchev–Trinajstić information content (AvgIpc) is 3.15. The number of amides is 1. The van der Waals surface area contributed by atoms with E-state index in [1.165, 1.54) is 0 Å². The van der Waals surface area contributed by atoms with Crippen LogP contribution in [-0.4, -0.2) is 55.0 Å². The Morgan fingerprint density at radius 3 is 2.69 bits per heavy atom. The van der Waals surface area contributed by atoms with E-state index in [1.807, 2.05) is 19.1 Å². The number of carbonyl (C=O) groups excluding carboxylic acids is 1. The van der Waals surface area contributed by atoms with E-state index >= 15 is 0 Å². The molecule has 1 amide bonds. The largest absolute Gasteiger partial charge is 0.495 e. The van der Waals surface area contributed by atoms with Crippen molar-refractivity contribution >= 4 is 23.2 Å². The molecule has 6 nitrogen and oxygen atoms in total. The summed E-state index contributed by atoms with van der Waals surface area (Å²) >= 11 is 6.12. The van der Waals surface area contributed by atoms with Crippen LogP contribution < -0.4 is 10.1 Å². The van der Waals surface area contributed by atoms with Crippen LogP contribution in [0, 0.1) is 0 Å². The minimum atomic E-state index is -0.207.